The Balaban J connectivity index is 1.70. The van der Waals surface area contributed by atoms with Crippen molar-refractivity contribution in [1.29, 1.82) is 0 Å². The molecule has 3 rings (SSSR count). The molecule has 0 saturated heterocycles. The maximum atomic E-state index is 12.9. The summed E-state index contributed by atoms with van der Waals surface area (Å²) in [4.78, 5) is 20.2. The number of carbonyl (C=O) groups is 1. The molecule has 0 spiro atoms. The van der Waals surface area contributed by atoms with Crippen molar-refractivity contribution in [3.63, 3.8) is 0 Å². The van der Waals surface area contributed by atoms with E-state index in [1.165, 1.54) is 30.6 Å². The molecule has 1 heterocycles. The Kier molecular flexibility index (Phi) is 4.93. The lowest BCUT2D eigenvalue weighted by Crippen LogP contribution is -2.30. The van der Waals surface area contributed by atoms with Crippen LogP contribution in [0.5, 0.6) is 0 Å². The second kappa shape index (κ2) is 7.47. The van der Waals surface area contributed by atoms with Crippen LogP contribution in [0.1, 0.15) is 15.9 Å². The minimum absolute atomic E-state index is 0.241. The van der Waals surface area contributed by atoms with Crippen molar-refractivity contribution in [2.75, 3.05) is 16.5 Å². The van der Waals surface area contributed by atoms with E-state index in [-0.39, 0.29) is 11.5 Å². The molecule has 0 bridgehead atoms. The fourth-order valence-corrected chi connectivity index (χ4v) is 2.24. The Labute approximate surface area is 149 Å². The Morgan fingerprint density at radius 3 is 2.54 bits per heavy atom. The highest BCUT2D eigenvalue weighted by Crippen LogP contribution is 2.25. The summed E-state index contributed by atoms with van der Waals surface area (Å²) < 4.78 is 12.9. The van der Waals surface area contributed by atoms with Gasteiger partial charge < -0.3 is 11.1 Å². The average Bonchev–Trinajstić information content (AvgIpc) is 2.63. The number of benzene rings is 2. The molecule has 8 heteroatoms. The molecule has 0 aliphatic carbocycles. The highest BCUT2D eigenvalue weighted by atomic mass is 19.1. The van der Waals surface area contributed by atoms with E-state index < -0.39 is 11.7 Å². The van der Waals surface area contributed by atoms with Crippen LogP contribution in [0.25, 0.3) is 0 Å². The topological polar surface area (TPSA) is 105 Å². The Morgan fingerprint density at radius 1 is 1.08 bits per heavy atom. The van der Waals surface area contributed by atoms with Gasteiger partial charge in [-0.25, -0.2) is 14.4 Å². The van der Waals surface area contributed by atoms with Gasteiger partial charge in [-0.3, -0.25) is 15.6 Å². The summed E-state index contributed by atoms with van der Waals surface area (Å²) in [5.74, 6) is -0.215. The monoisotopic (exact) mass is 352 g/mol. The number of amides is 1. The lowest BCUT2D eigenvalue weighted by molar-refractivity contribution is 0.0962. The van der Waals surface area contributed by atoms with Crippen LogP contribution in [0.3, 0.4) is 0 Å². The van der Waals surface area contributed by atoms with E-state index in [9.17, 15) is 9.18 Å². The summed E-state index contributed by atoms with van der Waals surface area (Å²) in [5.41, 5.74) is 13.6. The summed E-state index contributed by atoms with van der Waals surface area (Å²) >= 11 is 0. The zero-order valence-corrected chi connectivity index (χ0v) is 14.0. The lowest BCUT2D eigenvalue weighted by atomic mass is 10.2. The SMILES string of the molecule is Cc1cccc(Nc2ncnc(NNC(=O)c3ccc(F)cc3)c2N)c1. The van der Waals surface area contributed by atoms with E-state index in [1.807, 2.05) is 31.2 Å². The number of nitrogen functional groups attached to an aromatic ring is 1. The van der Waals surface area contributed by atoms with Crippen molar-refractivity contribution in [1.82, 2.24) is 15.4 Å². The van der Waals surface area contributed by atoms with Crippen LogP contribution in [0.15, 0.2) is 54.9 Å². The van der Waals surface area contributed by atoms with Crippen LogP contribution in [0.2, 0.25) is 0 Å². The largest absolute Gasteiger partial charge is 0.393 e. The summed E-state index contributed by atoms with van der Waals surface area (Å²) in [6, 6.07) is 12.9. The Hall–Kier alpha value is -3.68. The first-order chi connectivity index (χ1) is 12.5. The lowest BCUT2D eigenvalue weighted by Gasteiger charge is -2.13. The number of rotatable bonds is 5. The smallest absolute Gasteiger partial charge is 0.269 e. The fraction of sp³-hybridized carbons (Fsp3) is 0.0556. The zero-order chi connectivity index (χ0) is 18.5. The molecule has 1 amide bonds. The molecular weight excluding hydrogens is 335 g/mol. The molecule has 0 aliphatic rings. The number of nitrogens with one attached hydrogen (secondary N) is 3. The Morgan fingerprint density at radius 2 is 1.81 bits per heavy atom. The van der Waals surface area contributed by atoms with Gasteiger partial charge in [-0.1, -0.05) is 12.1 Å². The quantitative estimate of drug-likeness (QED) is 0.526. The van der Waals surface area contributed by atoms with Gasteiger partial charge in [0.15, 0.2) is 11.6 Å². The molecule has 0 aliphatic heterocycles. The molecule has 0 fully saturated rings. The first kappa shape index (κ1) is 17.2. The number of nitrogens with zero attached hydrogens (tertiary/aromatic N) is 2. The van der Waals surface area contributed by atoms with E-state index in [0.717, 1.165) is 11.3 Å². The molecule has 0 radical (unpaired) electrons. The van der Waals surface area contributed by atoms with Crippen LogP contribution < -0.4 is 21.9 Å². The summed E-state index contributed by atoms with van der Waals surface area (Å²) in [6.07, 6.45) is 1.32. The van der Waals surface area contributed by atoms with E-state index >= 15 is 0 Å². The Bertz CT molecular complexity index is 929. The van der Waals surface area contributed by atoms with Crippen molar-refractivity contribution >= 4 is 28.9 Å². The predicted octanol–water partition coefficient (Wildman–Crippen LogP) is 3.01. The normalized spacial score (nSPS) is 10.2. The number of hydrogen-bond acceptors (Lipinski definition) is 6. The van der Waals surface area contributed by atoms with E-state index in [4.69, 9.17) is 5.73 Å². The van der Waals surface area contributed by atoms with E-state index in [2.05, 4.69) is 26.1 Å². The van der Waals surface area contributed by atoms with E-state index in [1.54, 1.807) is 0 Å². The first-order valence-corrected chi connectivity index (χ1v) is 7.79. The number of aryl methyl sites for hydroxylation is 1. The van der Waals surface area contributed by atoms with Crippen molar-refractivity contribution in [3.05, 3.63) is 71.8 Å². The third kappa shape index (κ3) is 4.04. The summed E-state index contributed by atoms with van der Waals surface area (Å²) in [6.45, 7) is 1.98. The number of aromatic nitrogens is 2. The van der Waals surface area contributed by atoms with E-state index in [0.29, 0.717) is 11.4 Å². The maximum Gasteiger partial charge on any atom is 0.269 e. The van der Waals surface area contributed by atoms with Crippen LogP contribution in [-0.4, -0.2) is 15.9 Å². The highest BCUT2D eigenvalue weighted by molar-refractivity contribution is 5.95. The van der Waals surface area contributed by atoms with Crippen LogP contribution in [0, 0.1) is 12.7 Å². The van der Waals surface area contributed by atoms with Gasteiger partial charge in [0.2, 0.25) is 0 Å². The molecule has 7 nitrogen and oxygen atoms in total. The van der Waals surface area contributed by atoms with Crippen LogP contribution in [0.4, 0.5) is 27.4 Å². The minimum Gasteiger partial charge on any atom is -0.393 e. The number of nitrogens with two attached hydrogens (primary N) is 1. The van der Waals surface area contributed by atoms with Crippen molar-refractivity contribution in [3.8, 4) is 0 Å². The molecule has 0 atom stereocenters. The van der Waals surface area contributed by atoms with Gasteiger partial charge in [0, 0.05) is 11.3 Å². The van der Waals surface area contributed by atoms with Crippen molar-refractivity contribution in [2.24, 2.45) is 0 Å². The van der Waals surface area contributed by atoms with Gasteiger partial charge in [-0.15, -0.1) is 0 Å². The number of anilines is 4. The molecule has 132 valence electrons. The standard InChI is InChI=1S/C18H17FN6O/c1-11-3-2-4-14(9-11)23-16-15(20)17(22-10-21-16)24-25-18(26)12-5-7-13(19)8-6-12/h2-10H,20H2,1H3,(H,25,26)(H2,21,22,23,24). The summed E-state index contributed by atoms with van der Waals surface area (Å²) in [5, 5.41) is 3.11. The number of hydrazine groups is 1. The second-order valence-corrected chi connectivity index (χ2v) is 5.57. The molecule has 5 N–H and O–H groups in total. The third-order valence-electron chi connectivity index (χ3n) is 3.57. The fourth-order valence-electron chi connectivity index (χ4n) is 2.24. The maximum absolute atomic E-state index is 12.9. The van der Waals surface area contributed by atoms with Crippen molar-refractivity contribution < 1.29 is 9.18 Å². The number of carbonyl (C=O) groups excluding carboxylic acids is 1. The summed E-state index contributed by atoms with van der Waals surface area (Å²) in [7, 11) is 0. The molecule has 0 unspecified atom stereocenters. The molecular formula is C18H17FN6O. The second-order valence-electron chi connectivity index (χ2n) is 5.57. The average molecular weight is 352 g/mol. The van der Waals surface area contributed by atoms with Gasteiger partial charge in [-0.2, -0.15) is 0 Å². The third-order valence-corrected chi connectivity index (χ3v) is 3.57. The minimum atomic E-state index is -0.448. The van der Waals surface area contributed by atoms with Gasteiger partial charge >= 0.3 is 0 Å². The zero-order valence-electron chi connectivity index (χ0n) is 14.0. The number of hydrogen-bond donors (Lipinski definition) is 4. The number of halogens is 1. The van der Waals surface area contributed by atoms with Crippen LogP contribution in [-0.2, 0) is 0 Å². The molecule has 3 aromatic rings. The molecule has 1 aromatic heterocycles. The molecule has 26 heavy (non-hydrogen) atoms. The van der Waals surface area contributed by atoms with Gasteiger partial charge in [-0.05, 0) is 48.9 Å². The van der Waals surface area contributed by atoms with Crippen molar-refractivity contribution in [2.45, 2.75) is 6.92 Å². The first-order valence-electron chi connectivity index (χ1n) is 7.79. The molecule has 2 aromatic carbocycles. The van der Waals surface area contributed by atoms with Gasteiger partial charge in [0.1, 0.15) is 17.8 Å². The molecule has 0 saturated carbocycles. The highest BCUT2D eigenvalue weighted by Gasteiger charge is 2.10. The van der Waals surface area contributed by atoms with Crippen LogP contribution >= 0.6 is 0 Å². The van der Waals surface area contributed by atoms with Gasteiger partial charge in [0.25, 0.3) is 5.91 Å². The van der Waals surface area contributed by atoms with Gasteiger partial charge in [0.05, 0.1) is 0 Å². The predicted molar refractivity (Wildman–Crippen MR) is 98.4 cm³/mol.